The summed E-state index contributed by atoms with van der Waals surface area (Å²) in [5.41, 5.74) is 1.54. The molecule has 32 heavy (non-hydrogen) atoms. The monoisotopic (exact) mass is 472 g/mol. The lowest BCUT2D eigenvalue weighted by molar-refractivity contribution is -0.138. The molecule has 0 amide bonds. The van der Waals surface area contributed by atoms with Gasteiger partial charge in [-0.1, -0.05) is 18.6 Å². The third-order valence-corrected chi connectivity index (χ3v) is 6.50. The van der Waals surface area contributed by atoms with E-state index in [2.05, 4.69) is 28.9 Å². The highest BCUT2D eigenvalue weighted by atomic mass is 32.1. The van der Waals surface area contributed by atoms with Gasteiger partial charge in [-0.05, 0) is 50.3 Å². The van der Waals surface area contributed by atoms with E-state index in [1.807, 2.05) is 12.1 Å². The van der Waals surface area contributed by atoms with E-state index in [1.54, 1.807) is 0 Å². The summed E-state index contributed by atoms with van der Waals surface area (Å²) in [6.07, 6.45) is -0.138. The molecule has 1 aromatic carbocycles. The fraction of sp³-hybridized carbons (Fsp3) is 0.609. The molecule has 2 aromatic rings. The lowest BCUT2D eigenvalue weighted by Gasteiger charge is -2.36. The van der Waals surface area contributed by atoms with E-state index < -0.39 is 17.3 Å². The van der Waals surface area contributed by atoms with Crippen molar-refractivity contribution in [2.24, 2.45) is 0 Å². The number of alkyl halides is 3. The van der Waals surface area contributed by atoms with Gasteiger partial charge in [0.1, 0.15) is 11.9 Å². The molecule has 9 heteroatoms. The number of thiazole rings is 1. The van der Waals surface area contributed by atoms with E-state index in [1.165, 1.54) is 10.9 Å². The zero-order valence-electron chi connectivity index (χ0n) is 18.3. The van der Waals surface area contributed by atoms with Gasteiger partial charge in [0.15, 0.2) is 5.01 Å². The summed E-state index contributed by atoms with van der Waals surface area (Å²) in [5, 5.41) is 9.41. The maximum atomic E-state index is 12.9. The maximum absolute atomic E-state index is 12.9. The molecule has 178 valence electrons. The molecule has 1 aliphatic rings. The van der Waals surface area contributed by atoms with Crippen molar-refractivity contribution in [2.45, 2.75) is 57.3 Å². The first-order valence-electron chi connectivity index (χ1n) is 11.1. The summed E-state index contributed by atoms with van der Waals surface area (Å²) in [4.78, 5) is 6.00. The number of morpholine rings is 1. The topological polar surface area (TPSA) is 54.8 Å². The molecule has 0 bridgehead atoms. The molecule has 1 aliphatic heterocycles. The predicted molar refractivity (Wildman–Crippen MR) is 118 cm³/mol. The van der Waals surface area contributed by atoms with Crippen LogP contribution < -0.4 is 4.74 Å². The quantitative estimate of drug-likeness (QED) is 0.461. The van der Waals surface area contributed by atoms with E-state index in [9.17, 15) is 13.2 Å². The number of aliphatic hydroxyl groups excluding tert-OH is 1. The second kappa shape index (κ2) is 12.0. The molecule has 1 N–H and O–H groups in total. The number of hydrogen-bond acceptors (Lipinski definition) is 6. The molecule has 3 rings (SSSR count). The van der Waals surface area contributed by atoms with Gasteiger partial charge in [-0.2, -0.15) is 13.2 Å². The van der Waals surface area contributed by atoms with Crippen LogP contribution >= 0.6 is 11.3 Å². The van der Waals surface area contributed by atoms with Gasteiger partial charge in [0.05, 0.1) is 18.9 Å². The maximum Gasteiger partial charge on any atom is 0.443 e. The van der Waals surface area contributed by atoms with Crippen molar-refractivity contribution >= 4 is 11.3 Å². The molecule has 1 fully saturated rings. The van der Waals surface area contributed by atoms with Gasteiger partial charge in [0.2, 0.25) is 0 Å². The summed E-state index contributed by atoms with van der Waals surface area (Å²) in [6, 6.07) is 8.30. The van der Waals surface area contributed by atoms with Gasteiger partial charge < -0.3 is 14.6 Å². The molecule has 2 heterocycles. The second-order valence-electron chi connectivity index (χ2n) is 8.11. The van der Waals surface area contributed by atoms with Crippen LogP contribution in [0.3, 0.4) is 0 Å². The third kappa shape index (κ3) is 7.43. The van der Waals surface area contributed by atoms with Crippen LogP contribution in [-0.4, -0.2) is 53.9 Å². The van der Waals surface area contributed by atoms with Crippen LogP contribution in [-0.2, 0) is 17.3 Å². The molecule has 5 nitrogen and oxygen atoms in total. The molecule has 1 saturated heterocycles. The number of halogens is 3. The number of aliphatic hydroxyl groups is 1. The molecule has 2 atom stereocenters. The smallest absolute Gasteiger partial charge is 0.443 e. The number of ether oxygens (including phenoxy) is 2. The average molecular weight is 473 g/mol. The molecule has 0 spiro atoms. The minimum atomic E-state index is -4.42. The molecular weight excluding hydrogens is 441 g/mol. The van der Waals surface area contributed by atoms with Crippen molar-refractivity contribution in [2.75, 3.05) is 32.9 Å². The number of aromatic nitrogens is 1. The van der Waals surface area contributed by atoms with E-state index in [0.717, 1.165) is 44.4 Å². The van der Waals surface area contributed by atoms with Gasteiger partial charge in [0.25, 0.3) is 0 Å². The number of nitrogens with zero attached hydrogens (tertiary/aromatic N) is 2. The fourth-order valence-electron chi connectivity index (χ4n) is 3.76. The van der Waals surface area contributed by atoms with E-state index in [4.69, 9.17) is 14.6 Å². The number of benzene rings is 1. The summed E-state index contributed by atoms with van der Waals surface area (Å²) >= 11 is 0.617. The van der Waals surface area contributed by atoms with Crippen LogP contribution in [0.2, 0.25) is 0 Å². The van der Waals surface area contributed by atoms with Gasteiger partial charge in [-0.25, -0.2) is 4.98 Å². The number of rotatable bonds is 11. The number of hydrogen-bond donors (Lipinski definition) is 1. The lowest BCUT2D eigenvalue weighted by atomic mass is 10.0. The van der Waals surface area contributed by atoms with Crippen LogP contribution in [0.4, 0.5) is 13.2 Å². The second-order valence-corrected chi connectivity index (χ2v) is 8.97. The van der Waals surface area contributed by atoms with Gasteiger partial charge in [-0.3, -0.25) is 4.90 Å². The van der Waals surface area contributed by atoms with Crippen LogP contribution in [0.1, 0.15) is 55.0 Å². The van der Waals surface area contributed by atoms with Crippen LogP contribution in [0.5, 0.6) is 5.75 Å². The van der Waals surface area contributed by atoms with Crippen molar-refractivity contribution in [1.29, 1.82) is 0 Å². The Morgan fingerprint density at radius 3 is 2.66 bits per heavy atom. The highest BCUT2D eigenvalue weighted by molar-refractivity contribution is 7.09. The summed E-state index contributed by atoms with van der Waals surface area (Å²) < 4.78 is 50.1. The van der Waals surface area contributed by atoms with Crippen molar-refractivity contribution < 1.29 is 27.8 Å². The Morgan fingerprint density at radius 1 is 1.22 bits per heavy atom. The molecular formula is C23H31F3N2O3S. The molecule has 0 saturated carbocycles. The Balaban J connectivity index is 1.46. The van der Waals surface area contributed by atoms with Crippen LogP contribution in [0, 0.1) is 0 Å². The summed E-state index contributed by atoms with van der Waals surface area (Å²) in [5.74, 6) is 0.846. The Labute approximate surface area is 191 Å². The van der Waals surface area contributed by atoms with Crippen LogP contribution in [0.15, 0.2) is 29.6 Å². The zero-order chi connectivity index (χ0) is 23.0. The minimum absolute atomic E-state index is 0.223. The summed E-state index contributed by atoms with van der Waals surface area (Å²) in [6.45, 7) is 4.78. The van der Waals surface area contributed by atoms with Crippen molar-refractivity contribution in [3.63, 3.8) is 0 Å². The number of unbranched alkanes of at least 4 members (excludes halogenated alkanes) is 3. The first kappa shape index (κ1) is 25.0. The largest absolute Gasteiger partial charge is 0.494 e. The normalized spacial score (nSPS) is 18.6. The van der Waals surface area contributed by atoms with Gasteiger partial charge in [-0.15, -0.1) is 11.3 Å². The first-order chi connectivity index (χ1) is 15.4. The Morgan fingerprint density at radius 2 is 1.97 bits per heavy atom. The summed E-state index contributed by atoms with van der Waals surface area (Å²) in [7, 11) is 0. The van der Waals surface area contributed by atoms with Crippen LogP contribution in [0.25, 0.3) is 0 Å². The molecule has 2 unspecified atom stereocenters. The van der Waals surface area contributed by atoms with Crippen molar-refractivity contribution in [3.05, 3.63) is 45.9 Å². The van der Waals surface area contributed by atoms with E-state index in [-0.39, 0.29) is 12.6 Å². The SMILES string of the molecule is CC(Cc1ccc(OCCCCCCO)cc1)N1CCOC(c2csc(C(F)(F)F)n2)C1. The Bertz CT molecular complexity index is 814. The van der Waals surface area contributed by atoms with Crippen molar-refractivity contribution in [1.82, 2.24) is 9.88 Å². The van der Waals surface area contributed by atoms with Crippen molar-refractivity contribution in [3.8, 4) is 5.75 Å². The molecule has 1 aromatic heterocycles. The molecule has 0 aliphatic carbocycles. The highest BCUT2D eigenvalue weighted by Gasteiger charge is 2.36. The fourth-order valence-corrected chi connectivity index (χ4v) is 4.49. The average Bonchev–Trinajstić information content (AvgIpc) is 3.28. The Kier molecular flexibility index (Phi) is 9.34. The standard InChI is InChI=1S/C23H31F3N2O3S/c1-17(14-18-6-8-19(9-7-18)30-12-5-3-2-4-11-29)28-10-13-31-21(15-28)20-16-32-22(27-20)23(24,25)26/h6-9,16-17,21,29H,2-5,10-15H2,1H3. The third-order valence-electron chi connectivity index (χ3n) is 5.59. The van der Waals surface area contributed by atoms with Gasteiger partial charge >= 0.3 is 6.18 Å². The van der Waals surface area contributed by atoms with E-state index in [0.29, 0.717) is 36.8 Å². The predicted octanol–water partition coefficient (Wildman–Crippen LogP) is 5.10. The first-order valence-corrected chi connectivity index (χ1v) is 12.0. The van der Waals surface area contributed by atoms with E-state index >= 15 is 0 Å². The highest BCUT2D eigenvalue weighted by Crippen LogP contribution is 2.34. The lowest BCUT2D eigenvalue weighted by Crippen LogP contribution is -2.44. The Hall–Kier alpha value is -1.68. The molecule has 0 radical (unpaired) electrons. The van der Waals surface area contributed by atoms with Gasteiger partial charge in [0, 0.05) is 31.1 Å². The zero-order valence-corrected chi connectivity index (χ0v) is 19.1. The minimum Gasteiger partial charge on any atom is -0.494 e.